The Hall–Kier alpha value is -2.61. The van der Waals surface area contributed by atoms with Crippen LogP contribution in [0.3, 0.4) is 0 Å². The van der Waals surface area contributed by atoms with E-state index < -0.39 is 5.97 Å². The van der Waals surface area contributed by atoms with E-state index in [9.17, 15) is 14.7 Å². The summed E-state index contributed by atoms with van der Waals surface area (Å²) in [6.07, 6.45) is 0. The van der Waals surface area contributed by atoms with E-state index in [-0.39, 0.29) is 36.2 Å². The second kappa shape index (κ2) is 9.73. The number of nitrogens with zero attached hydrogens (tertiary/aromatic N) is 1. The minimum Gasteiger partial charge on any atom is -0.506 e. The van der Waals surface area contributed by atoms with Gasteiger partial charge in [0.1, 0.15) is 16.3 Å². The molecule has 0 aliphatic carbocycles. The summed E-state index contributed by atoms with van der Waals surface area (Å²) < 4.78 is 5.73. The Kier molecular flexibility index (Phi) is 7.61. The molecule has 0 unspecified atom stereocenters. The summed E-state index contributed by atoms with van der Waals surface area (Å²) in [5, 5.41) is 14.4. The van der Waals surface area contributed by atoms with Crippen molar-refractivity contribution in [2.45, 2.75) is 13.5 Å². The maximum Gasteiger partial charge on any atom is 0.341 e. The molecule has 0 atom stereocenters. The van der Waals surface area contributed by atoms with Gasteiger partial charge in [0.15, 0.2) is 0 Å². The Labute approximate surface area is 179 Å². The van der Waals surface area contributed by atoms with Crippen molar-refractivity contribution in [1.29, 1.82) is 0 Å². The van der Waals surface area contributed by atoms with Gasteiger partial charge in [-0.3, -0.25) is 4.79 Å². The molecule has 0 saturated carbocycles. The third-order valence-corrected chi connectivity index (χ3v) is 5.27. The SMILES string of the molecule is CCOC(=O)c1c(NC(=O)c2ccccc2)sc2c(O)c(CN(C)C)ccc12.Cl. The summed E-state index contributed by atoms with van der Waals surface area (Å²) in [6, 6.07) is 12.3. The smallest absolute Gasteiger partial charge is 0.341 e. The lowest BCUT2D eigenvalue weighted by molar-refractivity contribution is 0.0530. The number of phenols is 1. The maximum atomic E-state index is 12.6. The third kappa shape index (κ3) is 4.87. The molecule has 0 aliphatic rings. The summed E-state index contributed by atoms with van der Waals surface area (Å²) in [5.74, 6) is -0.746. The van der Waals surface area contributed by atoms with Crippen molar-refractivity contribution in [3.05, 3.63) is 59.2 Å². The number of halogens is 1. The number of rotatable bonds is 6. The van der Waals surface area contributed by atoms with Gasteiger partial charge in [0.25, 0.3) is 5.91 Å². The van der Waals surface area contributed by atoms with Gasteiger partial charge < -0.3 is 20.1 Å². The van der Waals surface area contributed by atoms with E-state index in [0.29, 0.717) is 27.2 Å². The largest absolute Gasteiger partial charge is 0.506 e. The highest BCUT2D eigenvalue weighted by Crippen LogP contribution is 2.42. The number of esters is 1. The Bertz CT molecular complexity index is 1020. The Morgan fingerprint density at radius 1 is 1.14 bits per heavy atom. The molecule has 0 radical (unpaired) electrons. The second-order valence-corrected chi connectivity index (χ2v) is 7.56. The number of ether oxygens (including phenoxy) is 1. The molecule has 29 heavy (non-hydrogen) atoms. The van der Waals surface area contributed by atoms with E-state index in [1.54, 1.807) is 43.3 Å². The highest BCUT2D eigenvalue weighted by atomic mass is 35.5. The summed E-state index contributed by atoms with van der Waals surface area (Å²) in [5.41, 5.74) is 1.49. The van der Waals surface area contributed by atoms with Crippen molar-refractivity contribution < 1.29 is 19.4 Å². The first-order chi connectivity index (χ1) is 13.4. The third-order valence-electron chi connectivity index (χ3n) is 4.14. The molecule has 3 aromatic rings. The lowest BCUT2D eigenvalue weighted by atomic mass is 10.1. The molecule has 0 bridgehead atoms. The summed E-state index contributed by atoms with van der Waals surface area (Å²) >= 11 is 1.17. The van der Waals surface area contributed by atoms with Crippen molar-refractivity contribution in [1.82, 2.24) is 4.90 Å². The zero-order valence-electron chi connectivity index (χ0n) is 16.4. The summed E-state index contributed by atoms with van der Waals surface area (Å²) in [6.45, 7) is 2.49. The van der Waals surface area contributed by atoms with Crippen molar-refractivity contribution in [2.24, 2.45) is 0 Å². The number of aromatic hydroxyl groups is 1. The van der Waals surface area contributed by atoms with E-state index in [4.69, 9.17) is 4.74 Å². The minimum absolute atomic E-state index is 0. The topological polar surface area (TPSA) is 78.9 Å². The van der Waals surface area contributed by atoms with Gasteiger partial charge >= 0.3 is 5.97 Å². The Morgan fingerprint density at radius 2 is 1.83 bits per heavy atom. The fourth-order valence-electron chi connectivity index (χ4n) is 2.91. The van der Waals surface area contributed by atoms with E-state index in [2.05, 4.69) is 5.32 Å². The number of carbonyl (C=O) groups is 2. The number of fused-ring (bicyclic) bond motifs is 1. The van der Waals surface area contributed by atoms with Crippen LogP contribution in [0.4, 0.5) is 5.00 Å². The first-order valence-corrected chi connectivity index (χ1v) is 9.69. The molecular formula is C21H23ClN2O4S. The predicted molar refractivity (Wildman–Crippen MR) is 118 cm³/mol. The van der Waals surface area contributed by atoms with Crippen LogP contribution in [-0.2, 0) is 11.3 Å². The fraction of sp³-hybridized carbons (Fsp3) is 0.238. The molecular weight excluding hydrogens is 412 g/mol. The zero-order valence-corrected chi connectivity index (χ0v) is 18.0. The molecule has 1 heterocycles. The average molecular weight is 435 g/mol. The normalized spacial score (nSPS) is 10.6. The van der Waals surface area contributed by atoms with Crippen LogP contribution < -0.4 is 5.32 Å². The molecule has 0 aliphatic heterocycles. The molecule has 1 aromatic heterocycles. The van der Waals surface area contributed by atoms with Gasteiger partial charge in [-0.25, -0.2) is 4.79 Å². The molecule has 154 valence electrons. The van der Waals surface area contributed by atoms with Crippen LogP contribution in [-0.4, -0.2) is 42.6 Å². The molecule has 2 N–H and O–H groups in total. The highest BCUT2D eigenvalue weighted by molar-refractivity contribution is 7.24. The van der Waals surface area contributed by atoms with Gasteiger partial charge in [-0.2, -0.15) is 0 Å². The first kappa shape index (κ1) is 22.7. The van der Waals surface area contributed by atoms with Gasteiger partial charge in [0, 0.05) is 23.1 Å². The average Bonchev–Trinajstić information content (AvgIpc) is 3.03. The fourth-order valence-corrected chi connectivity index (χ4v) is 4.07. The lowest BCUT2D eigenvalue weighted by Crippen LogP contribution is -2.14. The molecule has 2 aromatic carbocycles. The molecule has 8 heteroatoms. The molecule has 1 amide bonds. The number of nitrogens with one attached hydrogen (secondary N) is 1. The van der Waals surface area contributed by atoms with Crippen LogP contribution in [0.5, 0.6) is 5.75 Å². The quantitative estimate of drug-likeness (QED) is 0.557. The molecule has 0 spiro atoms. The van der Waals surface area contributed by atoms with Gasteiger partial charge in [0.05, 0.1) is 11.3 Å². The Balaban J connectivity index is 0.00000300. The van der Waals surface area contributed by atoms with E-state index in [0.717, 1.165) is 5.56 Å². The minimum atomic E-state index is -0.531. The Morgan fingerprint density at radius 3 is 2.45 bits per heavy atom. The number of hydrogen-bond acceptors (Lipinski definition) is 6. The number of carbonyl (C=O) groups excluding carboxylic acids is 2. The van der Waals surface area contributed by atoms with Crippen molar-refractivity contribution in [2.75, 3.05) is 26.0 Å². The number of benzene rings is 2. The lowest BCUT2D eigenvalue weighted by Gasteiger charge is -2.11. The zero-order chi connectivity index (χ0) is 20.3. The van der Waals surface area contributed by atoms with Gasteiger partial charge in [-0.05, 0) is 33.2 Å². The van der Waals surface area contributed by atoms with Crippen LogP contribution in [0, 0.1) is 0 Å². The molecule has 0 saturated heterocycles. The number of amides is 1. The van der Waals surface area contributed by atoms with Gasteiger partial charge in [-0.1, -0.05) is 30.3 Å². The standard InChI is InChI=1S/C21H22N2O4S.ClH/c1-4-27-21(26)16-15-11-10-14(12-23(2)3)17(24)18(15)28-20(16)22-19(25)13-8-6-5-7-9-13;/h5-11,24H,4,12H2,1-3H3,(H,22,25);1H. The first-order valence-electron chi connectivity index (χ1n) is 8.88. The predicted octanol–water partition coefficient (Wildman–Crippen LogP) is 4.52. The second-order valence-electron chi connectivity index (χ2n) is 6.53. The highest BCUT2D eigenvalue weighted by Gasteiger charge is 2.24. The summed E-state index contributed by atoms with van der Waals surface area (Å²) in [4.78, 5) is 27.1. The van der Waals surface area contributed by atoms with E-state index in [1.165, 1.54) is 11.3 Å². The number of anilines is 1. The van der Waals surface area contributed by atoms with Gasteiger partial charge in [-0.15, -0.1) is 23.7 Å². The van der Waals surface area contributed by atoms with Crippen LogP contribution in [0.2, 0.25) is 0 Å². The van der Waals surface area contributed by atoms with Crippen molar-refractivity contribution >= 4 is 50.7 Å². The van der Waals surface area contributed by atoms with Crippen LogP contribution in [0.25, 0.3) is 10.1 Å². The van der Waals surface area contributed by atoms with Crippen LogP contribution in [0.1, 0.15) is 33.2 Å². The van der Waals surface area contributed by atoms with Crippen LogP contribution in [0.15, 0.2) is 42.5 Å². The molecule has 3 rings (SSSR count). The van der Waals surface area contributed by atoms with Crippen molar-refractivity contribution in [3.8, 4) is 5.75 Å². The summed E-state index contributed by atoms with van der Waals surface area (Å²) in [7, 11) is 3.82. The number of phenolic OH excluding ortho intramolecular Hbond substituents is 1. The number of thiophene rings is 1. The van der Waals surface area contributed by atoms with E-state index >= 15 is 0 Å². The molecule has 6 nitrogen and oxygen atoms in total. The van der Waals surface area contributed by atoms with Crippen molar-refractivity contribution in [3.63, 3.8) is 0 Å². The maximum absolute atomic E-state index is 12.6. The molecule has 0 fully saturated rings. The van der Waals surface area contributed by atoms with Crippen LogP contribution >= 0.6 is 23.7 Å². The van der Waals surface area contributed by atoms with E-state index in [1.807, 2.05) is 25.1 Å². The number of hydrogen-bond donors (Lipinski definition) is 2. The monoisotopic (exact) mass is 434 g/mol. The van der Waals surface area contributed by atoms with Gasteiger partial charge in [0.2, 0.25) is 0 Å².